The Morgan fingerprint density at radius 1 is 1.22 bits per heavy atom. The molecule has 2 heterocycles. The number of thiazole rings is 1. The number of fused-ring (bicyclic) bond motifs is 1. The molecule has 11 heteroatoms. The summed E-state index contributed by atoms with van der Waals surface area (Å²) in [6.45, 7) is 1.98. The summed E-state index contributed by atoms with van der Waals surface area (Å²) in [6, 6.07) is 16.9. The second kappa shape index (κ2) is 11.0. The van der Waals surface area contributed by atoms with Crippen LogP contribution in [0.25, 0.3) is 5.69 Å². The van der Waals surface area contributed by atoms with Gasteiger partial charge in [0.15, 0.2) is 5.13 Å². The molecule has 194 valence electrons. The summed E-state index contributed by atoms with van der Waals surface area (Å²) in [6.07, 6.45) is 2.19. The highest BCUT2D eigenvalue weighted by molar-refractivity contribution is 7.15. The fraction of sp³-hybridized carbons (Fsp3) is 0.269. The van der Waals surface area contributed by atoms with E-state index in [1.165, 1.54) is 22.6 Å². The molecule has 1 unspecified atom stereocenters. The Kier molecular flexibility index (Phi) is 7.82. The van der Waals surface area contributed by atoms with E-state index in [9.17, 15) is 13.2 Å². The van der Waals surface area contributed by atoms with Crippen molar-refractivity contribution in [2.75, 3.05) is 12.4 Å². The molecule has 1 aliphatic rings. The lowest BCUT2D eigenvalue weighted by molar-refractivity contribution is -0.192. The molecule has 1 aliphatic carbocycles. The van der Waals surface area contributed by atoms with Crippen molar-refractivity contribution in [2.45, 2.75) is 38.3 Å². The van der Waals surface area contributed by atoms with E-state index in [0.29, 0.717) is 5.92 Å². The van der Waals surface area contributed by atoms with Crippen LogP contribution in [0.15, 0.2) is 61.1 Å². The van der Waals surface area contributed by atoms with Crippen molar-refractivity contribution in [3.63, 3.8) is 0 Å². The monoisotopic (exact) mass is 530 g/mol. The summed E-state index contributed by atoms with van der Waals surface area (Å²) >= 11 is 1.77. The van der Waals surface area contributed by atoms with Crippen molar-refractivity contribution >= 4 is 28.1 Å². The molecule has 2 aromatic carbocycles. The van der Waals surface area contributed by atoms with Gasteiger partial charge in [0.1, 0.15) is 5.75 Å². The minimum atomic E-state index is -5.08. The number of carbonyl (C=O) groups is 1. The fourth-order valence-electron chi connectivity index (χ4n) is 4.13. The van der Waals surface area contributed by atoms with E-state index in [2.05, 4.69) is 46.7 Å². The number of methoxy groups -OCH3 is 1. The van der Waals surface area contributed by atoms with Gasteiger partial charge in [0.2, 0.25) is 0 Å². The van der Waals surface area contributed by atoms with Crippen LogP contribution in [0.5, 0.6) is 5.75 Å². The Morgan fingerprint density at radius 3 is 2.57 bits per heavy atom. The van der Waals surface area contributed by atoms with E-state index in [1.54, 1.807) is 24.8 Å². The molecule has 2 N–H and O–H groups in total. The topological polar surface area (TPSA) is 89.3 Å². The molecular weight excluding hydrogens is 505 g/mol. The lowest BCUT2D eigenvalue weighted by atomic mass is 9.85. The minimum Gasteiger partial charge on any atom is -0.494 e. The standard InChI is InChI=1S/C24H24N4OS.C2HF3O2/c1-16-14-28(15-25-16)20-12-11-18(13-21(20)29-2)26-24-27-23-19(9-6-10-22(23)30-24)17-7-4-3-5-8-17;3-2(4,5)1(6)7/h3-5,7-8,11-15,19H,6,9-10H2,1-2H3,(H,26,27);(H,6,7). The first-order valence-corrected chi connectivity index (χ1v) is 12.3. The molecule has 0 bridgehead atoms. The normalized spacial score (nSPS) is 14.8. The number of carboxylic acid groups (broad SMARTS) is 1. The quantitative estimate of drug-likeness (QED) is 0.307. The van der Waals surface area contributed by atoms with Gasteiger partial charge < -0.3 is 19.7 Å². The molecule has 0 spiro atoms. The number of alkyl halides is 3. The van der Waals surface area contributed by atoms with Crippen molar-refractivity contribution < 1.29 is 27.8 Å². The molecule has 1 atom stereocenters. The number of imidazole rings is 1. The lowest BCUT2D eigenvalue weighted by Crippen LogP contribution is -2.21. The number of hydrogen-bond donors (Lipinski definition) is 2. The summed E-state index contributed by atoms with van der Waals surface area (Å²) in [4.78, 5) is 19.6. The Bertz CT molecular complexity index is 1370. The first-order chi connectivity index (χ1) is 17.7. The summed E-state index contributed by atoms with van der Waals surface area (Å²) in [7, 11) is 1.69. The Hall–Kier alpha value is -3.86. The van der Waals surface area contributed by atoms with Crippen LogP contribution < -0.4 is 10.1 Å². The van der Waals surface area contributed by atoms with Crippen LogP contribution in [-0.4, -0.2) is 38.9 Å². The first kappa shape index (κ1) is 26.2. The van der Waals surface area contributed by atoms with E-state index >= 15 is 0 Å². The third-order valence-electron chi connectivity index (χ3n) is 5.82. The second-order valence-corrected chi connectivity index (χ2v) is 9.50. The zero-order valence-corrected chi connectivity index (χ0v) is 20.9. The zero-order chi connectivity index (χ0) is 26.6. The number of anilines is 2. The molecular formula is C26H25F3N4O3S. The number of hydrogen-bond acceptors (Lipinski definition) is 6. The maximum absolute atomic E-state index is 10.6. The van der Waals surface area contributed by atoms with Gasteiger partial charge in [-0.2, -0.15) is 13.2 Å². The maximum Gasteiger partial charge on any atom is 0.490 e. The van der Waals surface area contributed by atoms with Gasteiger partial charge in [-0.25, -0.2) is 14.8 Å². The fourth-order valence-corrected chi connectivity index (χ4v) is 5.21. The average molecular weight is 531 g/mol. The van der Waals surface area contributed by atoms with Gasteiger partial charge >= 0.3 is 12.1 Å². The predicted molar refractivity (Wildman–Crippen MR) is 135 cm³/mol. The Balaban J connectivity index is 0.000000405. The number of aromatic nitrogens is 3. The Labute approximate surface area is 215 Å². The van der Waals surface area contributed by atoms with Gasteiger partial charge in [0, 0.05) is 28.7 Å². The zero-order valence-electron chi connectivity index (χ0n) is 20.1. The van der Waals surface area contributed by atoms with Crippen molar-refractivity contribution in [3.8, 4) is 11.4 Å². The van der Waals surface area contributed by atoms with E-state index in [4.69, 9.17) is 19.6 Å². The molecule has 0 aliphatic heterocycles. The van der Waals surface area contributed by atoms with Crippen molar-refractivity contribution in [2.24, 2.45) is 0 Å². The third kappa shape index (κ3) is 6.29. The smallest absolute Gasteiger partial charge is 0.490 e. The number of ether oxygens (including phenoxy) is 1. The summed E-state index contributed by atoms with van der Waals surface area (Å²) in [5.74, 6) is -1.57. The van der Waals surface area contributed by atoms with Crippen LogP contribution in [0, 0.1) is 6.92 Å². The van der Waals surface area contributed by atoms with Gasteiger partial charge in [-0.3, -0.25) is 0 Å². The highest BCUT2D eigenvalue weighted by atomic mass is 32.1. The van der Waals surface area contributed by atoms with Crippen LogP contribution in [0.2, 0.25) is 0 Å². The molecule has 0 fully saturated rings. The van der Waals surface area contributed by atoms with Crippen LogP contribution >= 0.6 is 11.3 Å². The highest BCUT2D eigenvalue weighted by Gasteiger charge is 2.38. The van der Waals surface area contributed by atoms with Crippen molar-refractivity contribution in [1.82, 2.24) is 14.5 Å². The number of nitrogens with one attached hydrogen (secondary N) is 1. The number of benzene rings is 2. The van der Waals surface area contributed by atoms with Crippen LogP contribution in [0.3, 0.4) is 0 Å². The van der Waals surface area contributed by atoms with E-state index < -0.39 is 12.1 Å². The molecule has 0 radical (unpaired) electrons. The molecule has 5 rings (SSSR count). The van der Waals surface area contributed by atoms with Gasteiger partial charge in [-0.05, 0) is 43.9 Å². The van der Waals surface area contributed by atoms with Gasteiger partial charge in [-0.15, -0.1) is 11.3 Å². The van der Waals surface area contributed by atoms with Gasteiger partial charge in [-0.1, -0.05) is 30.3 Å². The van der Waals surface area contributed by atoms with E-state index in [0.717, 1.165) is 40.8 Å². The van der Waals surface area contributed by atoms with E-state index in [1.807, 2.05) is 29.8 Å². The number of carboxylic acids is 1. The number of nitrogens with zero attached hydrogens (tertiary/aromatic N) is 3. The molecule has 0 saturated carbocycles. The van der Waals surface area contributed by atoms with Crippen molar-refractivity contribution in [1.29, 1.82) is 0 Å². The first-order valence-electron chi connectivity index (χ1n) is 11.5. The molecule has 37 heavy (non-hydrogen) atoms. The highest BCUT2D eigenvalue weighted by Crippen LogP contribution is 2.41. The van der Waals surface area contributed by atoms with Crippen molar-refractivity contribution in [3.05, 3.63) is 82.9 Å². The summed E-state index contributed by atoms with van der Waals surface area (Å²) < 4.78 is 39.4. The average Bonchev–Trinajstić information content (AvgIpc) is 3.49. The molecule has 7 nitrogen and oxygen atoms in total. The molecule has 0 amide bonds. The summed E-state index contributed by atoms with van der Waals surface area (Å²) in [5.41, 5.74) is 5.50. The third-order valence-corrected chi connectivity index (χ3v) is 6.87. The largest absolute Gasteiger partial charge is 0.494 e. The molecule has 4 aromatic rings. The maximum atomic E-state index is 10.6. The SMILES string of the molecule is COc1cc(Nc2nc3c(s2)CCCC3c2ccccc2)ccc1-n1cnc(C)c1.O=C(O)C(F)(F)F. The molecule has 0 saturated heterocycles. The Morgan fingerprint density at radius 2 is 1.95 bits per heavy atom. The molecule has 2 aromatic heterocycles. The summed E-state index contributed by atoms with van der Waals surface area (Å²) in [5, 5.41) is 11.6. The van der Waals surface area contributed by atoms with Gasteiger partial charge in [0.25, 0.3) is 0 Å². The predicted octanol–water partition coefficient (Wildman–Crippen LogP) is 6.49. The number of aliphatic carboxylic acids is 1. The second-order valence-electron chi connectivity index (χ2n) is 8.42. The number of aryl methyl sites for hydroxylation is 2. The number of rotatable bonds is 5. The van der Waals surface area contributed by atoms with E-state index in [-0.39, 0.29) is 0 Å². The lowest BCUT2D eigenvalue weighted by Gasteiger charge is -2.21. The number of halogens is 3. The van der Waals surface area contributed by atoms with Crippen LogP contribution in [0.4, 0.5) is 24.0 Å². The van der Waals surface area contributed by atoms with Crippen LogP contribution in [0.1, 0.15) is 40.6 Å². The minimum absolute atomic E-state index is 0.392. The van der Waals surface area contributed by atoms with Gasteiger partial charge in [0.05, 0.1) is 30.5 Å². The van der Waals surface area contributed by atoms with Crippen LogP contribution in [-0.2, 0) is 11.2 Å².